The van der Waals surface area contributed by atoms with Crippen LogP contribution in [0.4, 0.5) is 4.79 Å². The van der Waals surface area contributed by atoms with Crippen LogP contribution in [-0.2, 0) is 15.0 Å². The van der Waals surface area contributed by atoms with E-state index >= 15 is 0 Å². The van der Waals surface area contributed by atoms with Crippen molar-refractivity contribution in [3.8, 4) is 5.75 Å². The van der Waals surface area contributed by atoms with Gasteiger partial charge in [0.2, 0.25) is 0 Å². The molecule has 0 saturated heterocycles. The van der Waals surface area contributed by atoms with Gasteiger partial charge < -0.3 is 8.92 Å². The molecule has 0 unspecified atom stereocenters. The Hall–Kier alpha value is -1.76. The van der Waals surface area contributed by atoms with Crippen molar-refractivity contribution in [2.45, 2.75) is 26.4 Å². The maximum absolute atomic E-state index is 11.5. The maximum Gasteiger partial charge on any atom is 0.424 e. The first-order valence-corrected chi connectivity index (χ1v) is 6.59. The van der Waals surface area contributed by atoms with Crippen molar-refractivity contribution in [3.05, 3.63) is 30.3 Å². The molecule has 0 aliphatic heterocycles. The second-order valence-electron chi connectivity index (χ2n) is 4.45. The summed E-state index contributed by atoms with van der Waals surface area (Å²) in [6.45, 7) is 4.87. The van der Waals surface area contributed by atoms with Gasteiger partial charge in [-0.3, -0.25) is 0 Å². The number of amides is 1. The molecule has 0 spiro atoms. The van der Waals surface area contributed by atoms with Gasteiger partial charge in [-0.15, -0.1) is 0 Å². The molecule has 1 N–H and O–H groups in total. The Bertz CT molecular complexity index is 504. The first-order chi connectivity index (χ1) is 8.18. The van der Waals surface area contributed by atoms with Crippen molar-refractivity contribution in [3.63, 3.8) is 0 Å². The summed E-state index contributed by atoms with van der Waals surface area (Å²) in [5.41, 5.74) is -0.785. The highest BCUT2D eigenvalue weighted by Crippen LogP contribution is 2.11. The van der Waals surface area contributed by atoms with Crippen molar-refractivity contribution >= 4 is 16.4 Å². The summed E-state index contributed by atoms with van der Waals surface area (Å²) in [6, 6.07) is 7.83. The molecule has 0 fully saturated rings. The number of hydrogen-bond acceptors (Lipinski definition) is 5. The van der Waals surface area contributed by atoms with Crippen LogP contribution < -0.4 is 8.91 Å². The smallest absolute Gasteiger partial charge is 0.424 e. The normalized spacial score (nSPS) is 11.7. The summed E-state index contributed by atoms with van der Waals surface area (Å²) in [5.74, 6) is 0.105. The average molecular weight is 273 g/mol. The lowest BCUT2D eigenvalue weighted by molar-refractivity contribution is 0.0567. The first-order valence-electron chi connectivity index (χ1n) is 5.18. The topological polar surface area (TPSA) is 81.7 Å². The summed E-state index contributed by atoms with van der Waals surface area (Å²) in [4.78, 5) is 11.3. The zero-order chi connectivity index (χ0) is 13.8. The monoisotopic (exact) mass is 273 g/mol. The molecular weight excluding hydrogens is 258 g/mol. The van der Waals surface area contributed by atoms with E-state index in [1.807, 2.05) is 0 Å². The third kappa shape index (κ3) is 5.53. The molecule has 18 heavy (non-hydrogen) atoms. The molecule has 0 aromatic heterocycles. The van der Waals surface area contributed by atoms with E-state index in [9.17, 15) is 13.2 Å². The van der Waals surface area contributed by atoms with Gasteiger partial charge in [0.25, 0.3) is 0 Å². The fourth-order valence-electron chi connectivity index (χ4n) is 1.02. The standard InChI is InChI=1S/C11H15NO5S/c1-11(2,3)16-10(13)12-18(14,15)17-9-7-5-4-6-8-9/h4-8H,1-3H3,(H,12,13). The van der Waals surface area contributed by atoms with Gasteiger partial charge in [-0.05, 0) is 32.9 Å². The molecule has 0 radical (unpaired) electrons. The van der Waals surface area contributed by atoms with Gasteiger partial charge >= 0.3 is 16.4 Å². The lowest BCUT2D eigenvalue weighted by Gasteiger charge is -2.19. The molecule has 1 rings (SSSR count). The van der Waals surface area contributed by atoms with Gasteiger partial charge in [0, 0.05) is 0 Å². The highest BCUT2D eigenvalue weighted by Gasteiger charge is 2.22. The zero-order valence-corrected chi connectivity index (χ0v) is 11.2. The van der Waals surface area contributed by atoms with E-state index < -0.39 is 22.0 Å². The Balaban J connectivity index is 2.63. The molecule has 100 valence electrons. The number of rotatable bonds is 3. The molecule has 1 aromatic rings. The molecular formula is C11H15NO5S. The van der Waals surface area contributed by atoms with E-state index in [-0.39, 0.29) is 5.75 Å². The summed E-state index contributed by atoms with van der Waals surface area (Å²) in [6.07, 6.45) is -1.08. The number of benzene rings is 1. The SMILES string of the molecule is CC(C)(C)OC(=O)NS(=O)(=O)Oc1ccccc1. The summed E-state index contributed by atoms with van der Waals surface area (Å²) >= 11 is 0. The lowest BCUT2D eigenvalue weighted by atomic mass is 10.2. The Morgan fingerprint density at radius 1 is 1.17 bits per heavy atom. The number of nitrogens with one attached hydrogen (secondary N) is 1. The summed E-state index contributed by atoms with van der Waals surface area (Å²) in [5, 5.41) is 0. The Labute approximate surface area is 106 Å². The summed E-state index contributed by atoms with van der Waals surface area (Å²) < 4.78 is 34.0. The predicted octanol–water partition coefficient (Wildman–Crippen LogP) is 1.83. The minimum Gasteiger partial charge on any atom is -0.443 e. The molecule has 0 saturated carbocycles. The van der Waals surface area contributed by atoms with E-state index in [0.29, 0.717) is 0 Å². The number of para-hydroxylation sites is 1. The second-order valence-corrected chi connectivity index (χ2v) is 5.73. The van der Waals surface area contributed by atoms with Gasteiger partial charge in [0.15, 0.2) is 0 Å². The van der Waals surface area contributed by atoms with Gasteiger partial charge in [-0.1, -0.05) is 18.2 Å². The third-order valence-electron chi connectivity index (χ3n) is 1.56. The Kier molecular flexibility index (Phi) is 4.18. The number of carbonyl (C=O) groups is 1. The molecule has 6 nitrogen and oxygen atoms in total. The van der Waals surface area contributed by atoms with E-state index in [4.69, 9.17) is 4.74 Å². The van der Waals surface area contributed by atoms with Gasteiger partial charge in [-0.25, -0.2) is 4.79 Å². The molecule has 0 bridgehead atoms. The molecule has 0 heterocycles. The van der Waals surface area contributed by atoms with E-state index in [2.05, 4.69) is 4.18 Å². The van der Waals surface area contributed by atoms with E-state index in [1.54, 1.807) is 43.7 Å². The highest BCUT2D eigenvalue weighted by molar-refractivity contribution is 7.85. The maximum atomic E-state index is 11.5. The van der Waals surface area contributed by atoms with Gasteiger partial charge in [0.05, 0.1) is 0 Å². The average Bonchev–Trinajstić information content (AvgIpc) is 2.13. The van der Waals surface area contributed by atoms with Crippen LogP contribution in [0, 0.1) is 0 Å². The van der Waals surface area contributed by atoms with Crippen LogP contribution in [0.1, 0.15) is 20.8 Å². The highest BCUT2D eigenvalue weighted by atomic mass is 32.2. The van der Waals surface area contributed by atoms with Crippen LogP contribution in [0.25, 0.3) is 0 Å². The van der Waals surface area contributed by atoms with Crippen molar-refractivity contribution in [2.24, 2.45) is 0 Å². The van der Waals surface area contributed by atoms with Crippen molar-refractivity contribution in [1.29, 1.82) is 0 Å². The molecule has 0 aliphatic carbocycles. The summed E-state index contributed by atoms with van der Waals surface area (Å²) in [7, 11) is -4.23. The predicted molar refractivity (Wildman–Crippen MR) is 65.4 cm³/mol. The number of carbonyl (C=O) groups excluding carboxylic acids is 1. The van der Waals surface area contributed by atoms with E-state index in [1.165, 1.54) is 12.1 Å². The van der Waals surface area contributed by atoms with Crippen molar-refractivity contribution < 1.29 is 22.1 Å². The van der Waals surface area contributed by atoms with E-state index in [0.717, 1.165) is 0 Å². The number of ether oxygens (including phenoxy) is 1. The van der Waals surface area contributed by atoms with Crippen LogP contribution in [0.3, 0.4) is 0 Å². The Morgan fingerprint density at radius 3 is 2.22 bits per heavy atom. The second kappa shape index (κ2) is 5.26. The Morgan fingerprint density at radius 2 is 1.72 bits per heavy atom. The fraction of sp³-hybridized carbons (Fsp3) is 0.364. The van der Waals surface area contributed by atoms with Crippen LogP contribution in [0.5, 0.6) is 5.75 Å². The largest absolute Gasteiger partial charge is 0.443 e. The van der Waals surface area contributed by atoms with Gasteiger partial charge in [-0.2, -0.15) is 13.1 Å². The first kappa shape index (κ1) is 14.3. The zero-order valence-electron chi connectivity index (χ0n) is 10.3. The lowest BCUT2D eigenvalue weighted by Crippen LogP contribution is -2.38. The molecule has 0 aliphatic rings. The van der Waals surface area contributed by atoms with Crippen molar-refractivity contribution in [1.82, 2.24) is 4.72 Å². The molecule has 1 amide bonds. The minimum absolute atomic E-state index is 0.105. The molecule has 7 heteroatoms. The fourth-order valence-corrected chi connectivity index (χ4v) is 1.68. The van der Waals surface area contributed by atoms with Crippen LogP contribution in [0.15, 0.2) is 30.3 Å². The third-order valence-corrected chi connectivity index (χ3v) is 2.38. The van der Waals surface area contributed by atoms with Crippen LogP contribution >= 0.6 is 0 Å². The van der Waals surface area contributed by atoms with Crippen molar-refractivity contribution in [2.75, 3.05) is 0 Å². The molecule has 0 atom stereocenters. The number of hydrogen-bond donors (Lipinski definition) is 1. The molecule has 1 aromatic carbocycles. The quantitative estimate of drug-likeness (QED) is 0.908. The van der Waals surface area contributed by atoms with Crippen LogP contribution in [0.2, 0.25) is 0 Å². The minimum atomic E-state index is -4.23. The van der Waals surface area contributed by atoms with Gasteiger partial charge in [0.1, 0.15) is 11.4 Å². The van der Waals surface area contributed by atoms with Crippen LogP contribution in [-0.4, -0.2) is 20.1 Å².